The number of nitrogens with two attached hydrogens (primary N) is 1. The Bertz CT molecular complexity index is 2670. The highest BCUT2D eigenvalue weighted by atomic mass is 35.5. The van der Waals surface area contributed by atoms with E-state index in [-0.39, 0.29) is 69.4 Å². The number of sulfonamides is 1. The van der Waals surface area contributed by atoms with Crippen molar-refractivity contribution < 1.29 is 65.1 Å². The summed E-state index contributed by atoms with van der Waals surface area (Å²) in [4.78, 5) is 114. The number of carbonyl (C=O) groups is 8. The number of piperazine rings is 1. The Morgan fingerprint density at radius 3 is 1.99 bits per heavy atom. The maximum atomic E-state index is 14.0. The fourth-order valence-electron chi connectivity index (χ4n) is 7.92. The molecule has 0 aliphatic carbocycles. The number of anilines is 1. The third-order valence-electron chi connectivity index (χ3n) is 12.1. The van der Waals surface area contributed by atoms with Gasteiger partial charge in [0.15, 0.2) is 0 Å². The number of amides is 7. The van der Waals surface area contributed by atoms with E-state index in [0.717, 1.165) is 25.5 Å². The third kappa shape index (κ3) is 20.0. The highest BCUT2D eigenvalue weighted by molar-refractivity contribution is 7.89. The molecule has 1 saturated heterocycles. The molecule has 27 heteroatoms. The average Bonchev–Trinajstić information content (AvgIpc) is 3.36. The molecular formula is C50H67ClF3N11O11S. The average molecular weight is 1120 g/mol. The van der Waals surface area contributed by atoms with Gasteiger partial charge in [0, 0.05) is 75.6 Å². The topological polar surface area (TPSA) is 312 Å². The van der Waals surface area contributed by atoms with Crippen molar-refractivity contribution in [3.63, 3.8) is 0 Å². The van der Waals surface area contributed by atoms with Gasteiger partial charge in [-0.1, -0.05) is 32.4 Å². The van der Waals surface area contributed by atoms with Crippen LogP contribution >= 0.6 is 11.6 Å². The third-order valence-corrected chi connectivity index (χ3v) is 13.9. The lowest BCUT2D eigenvalue weighted by molar-refractivity contribution is -0.139. The zero-order valence-corrected chi connectivity index (χ0v) is 44.9. The summed E-state index contributed by atoms with van der Waals surface area (Å²) in [7, 11) is -0.951. The van der Waals surface area contributed by atoms with E-state index in [1.807, 2.05) is 19.0 Å². The summed E-state index contributed by atoms with van der Waals surface area (Å²) >= 11 is 5.58. The number of aromatic nitrogens is 1. The first kappa shape index (κ1) is 62.8. The second-order valence-corrected chi connectivity index (χ2v) is 21.7. The molecular weight excluding hydrogens is 1060 g/mol. The van der Waals surface area contributed by atoms with Gasteiger partial charge in [-0.05, 0) is 112 Å². The van der Waals surface area contributed by atoms with Crippen LogP contribution in [0.25, 0.3) is 0 Å². The van der Waals surface area contributed by atoms with E-state index in [4.69, 9.17) is 17.3 Å². The highest BCUT2D eigenvalue weighted by Crippen LogP contribution is 2.36. The zero-order chi connectivity index (χ0) is 57.3. The molecule has 0 unspecified atom stereocenters. The number of hydrogen-bond donors (Lipinski definition) is 8. The Morgan fingerprint density at radius 1 is 0.779 bits per heavy atom. The molecule has 77 heavy (non-hydrogen) atoms. The molecule has 22 nitrogen and oxygen atoms in total. The number of halogens is 4. The number of carbonyl (C=O) groups excluding carboxylic acids is 7. The maximum Gasteiger partial charge on any atom is 0.417 e. The van der Waals surface area contributed by atoms with E-state index in [1.165, 1.54) is 36.7 Å². The number of nitrogens with one attached hydrogen (secondary N) is 6. The second-order valence-electron chi connectivity index (χ2n) is 19.6. The molecule has 0 spiro atoms. The molecule has 3 aromatic rings. The van der Waals surface area contributed by atoms with Gasteiger partial charge in [0.1, 0.15) is 24.2 Å². The minimum atomic E-state index is -5.02. The van der Waals surface area contributed by atoms with Crippen molar-refractivity contribution >= 4 is 74.6 Å². The van der Waals surface area contributed by atoms with Crippen molar-refractivity contribution in [2.45, 2.75) is 101 Å². The molecule has 0 bridgehead atoms. The van der Waals surface area contributed by atoms with Crippen LogP contribution in [-0.4, -0.2) is 165 Å². The lowest BCUT2D eigenvalue weighted by Gasteiger charge is -2.36. The molecule has 1 aliphatic rings. The number of nitrogens with zero attached hydrogens (tertiary/aromatic N) is 4. The predicted octanol–water partition coefficient (Wildman–Crippen LogP) is 2.13. The van der Waals surface area contributed by atoms with Gasteiger partial charge in [-0.3, -0.25) is 43.3 Å². The molecule has 1 fully saturated rings. The molecule has 1 aliphatic heterocycles. The Labute approximate surface area is 449 Å². The summed E-state index contributed by atoms with van der Waals surface area (Å²) in [5.74, 6) is -5.79. The lowest BCUT2D eigenvalue weighted by atomic mass is 9.85. The molecule has 4 rings (SSSR count). The van der Waals surface area contributed by atoms with Crippen LogP contribution in [0.5, 0.6) is 0 Å². The van der Waals surface area contributed by atoms with Gasteiger partial charge in [0.2, 0.25) is 45.5 Å². The summed E-state index contributed by atoms with van der Waals surface area (Å²) in [6.45, 7) is 6.36. The largest absolute Gasteiger partial charge is 0.480 e. The van der Waals surface area contributed by atoms with Crippen molar-refractivity contribution in [1.29, 1.82) is 0 Å². The minimum absolute atomic E-state index is 0.0947. The van der Waals surface area contributed by atoms with Crippen molar-refractivity contribution in [1.82, 2.24) is 45.7 Å². The number of alkyl halides is 3. The summed E-state index contributed by atoms with van der Waals surface area (Å²) in [5, 5.41) is 22.0. The Morgan fingerprint density at radius 2 is 1.40 bits per heavy atom. The van der Waals surface area contributed by atoms with Gasteiger partial charge in [-0.25, -0.2) is 8.42 Å². The molecule has 422 valence electrons. The van der Waals surface area contributed by atoms with Crippen LogP contribution in [0.4, 0.5) is 18.9 Å². The van der Waals surface area contributed by atoms with E-state index in [2.05, 4.69) is 31.6 Å². The molecule has 0 radical (unpaired) electrons. The van der Waals surface area contributed by atoms with E-state index >= 15 is 0 Å². The molecule has 7 amide bonds. The number of hydrogen-bond acceptors (Lipinski definition) is 13. The van der Waals surface area contributed by atoms with E-state index in [0.29, 0.717) is 29.3 Å². The van der Waals surface area contributed by atoms with Gasteiger partial charge in [-0.15, -0.1) is 0 Å². The Kier molecular flexibility index (Phi) is 23.3. The number of carboxylic acids is 1. The number of pyridine rings is 1. The monoisotopic (exact) mass is 1120 g/mol. The standard InChI is InChI=1S/C50H67ClF3N11O11S/c1-49(2,3)43(45(70)58-33-11-9-32(10-12-33)46(71)64-24-26-65(27-25-64)47(72)37(59-41(67)17-20-55)8-6-7-23-63(4)5)61-44(69)39(28-31-18-21-56-22-19-31)60-42(68)30-57-40(66)16-15-38(48(73)74)62-77(75,76)34-13-14-36(51)35(29-34)50(52,53)54/h9-14,18-19,21-22,29,37-39,43,62H,6-8,15-17,20,23-28,30,55H2,1-5H3,(H,57,66)(H,58,70)(H,59,67)(H,60,68)(H,61,69)(H,73,74)/t37-,38-,39-,43+/m0/s1. The lowest BCUT2D eigenvalue weighted by Crippen LogP contribution is -2.57. The van der Waals surface area contributed by atoms with Crippen LogP contribution in [0.2, 0.25) is 5.02 Å². The van der Waals surface area contributed by atoms with Crippen molar-refractivity contribution in [3.8, 4) is 0 Å². The first-order valence-electron chi connectivity index (χ1n) is 24.6. The molecule has 9 N–H and O–H groups in total. The summed E-state index contributed by atoms with van der Waals surface area (Å²) < 4.78 is 67.6. The van der Waals surface area contributed by atoms with Crippen LogP contribution in [0.3, 0.4) is 0 Å². The zero-order valence-electron chi connectivity index (χ0n) is 43.4. The predicted molar refractivity (Wildman–Crippen MR) is 277 cm³/mol. The quantitative estimate of drug-likeness (QED) is 0.0535. The molecule has 0 saturated carbocycles. The number of carboxylic acid groups (broad SMARTS) is 1. The van der Waals surface area contributed by atoms with E-state index < -0.39 is 110 Å². The molecule has 2 heterocycles. The van der Waals surface area contributed by atoms with Crippen LogP contribution in [-0.2, 0) is 56.2 Å². The number of rotatable bonds is 26. The smallest absolute Gasteiger partial charge is 0.417 e. The second kappa shape index (κ2) is 28.6. The van der Waals surface area contributed by atoms with Crippen molar-refractivity contribution in [2.24, 2.45) is 11.1 Å². The van der Waals surface area contributed by atoms with Gasteiger partial charge in [-0.2, -0.15) is 17.9 Å². The summed E-state index contributed by atoms with van der Waals surface area (Å²) in [6, 6.07) is 5.73. The summed E-state index contributed by atoms with van der Waals surface area (Å²) in [6.07, 6.45) is -1.42. The number of aliphatic carboxylic acids is 1. The summed E-state index contributed by atoms with van der Waals surface area (Å²) in [5.41, 5.74) is 4.34. The fraction of sp³-hybridized carbons (Fsp3) is 0.500. The van der Waals surface area contributed by atoms with Gasteiger partial charge >= 0.3 is 12.1 Å². The van der Waals surface area contributed by atoms with Crippen molar-refractivity contribution in [3.05, 3.63) is 88.7 Å². The van der Waals surface area contributed by atoms with Crippen molar-refractivity contribution in [2.75, 3.05) is 65.2 Å². The number of benzene rings is 2. The van der Waals surface area contributed by atoms with E-state index in [1.54, 1.807) is 47.4 Å². The van der Waals surface area contributed by atoms with Gasteiger partial charge < -0.3 is 52.1 Å². The highest BCUT2D eigenvalue weighted by Gasteiger charge is 2.37. The first-order valence-corrected chi connectivity index (χ1v) is 26.5. The van der Waals surface area contributed by atoms with Crippen LogP contribution in [0, 0.1) is 5.41 Å². The van der Waals surface area contributed by atoms with E-state index in [9.17, 15) is 65.1 Å². The normalized spacial score (nSPS) is 14.6. The van der Waals surface area contributed by atoms with Crippen LogP contribution < -0.4 is 37.0 Å². The Hall–Kier alpha value is -6.74. The molecule has 1 aromatic heterocycles. The fourth-order valence-corrected chi connectivity index (χ4v) is 9.40. The van der Waals surface area contributed by atoms with Crippen LogP contribution in [0.15, 0.2) is 71.9 Å². The number of unbranched alkanes of at least 4 members (excludes halogenated alkanes) is 1. The Balaban J connectivity index is 1.35. The molecule has 4 atom stereocenters. The minimum Gasteiger partial charge on any atom is -0.480 e. The maximum absolute atomic E-state index is 14.0. The first-order chi connectivity index (χ1) is 36.1. The SMILES string of the molecule is CN(C)CCCC[C@H](NC(=O)CCN)C(=O)N1CCN(C(=O)c2ccc(NC(=O)[C@@H](NC(=O)[C@H](Cc3ccncc3)NC(=O)CNC(=O)CC[C@H](NS(=O)(=O)c3ccc(Cl)c(C(F)(F)F)c3)C(=O)O)C(C)(C)C)cc2)CC1. The van der Waals surface area contributed by atoms with Gasteiger partial charge in [0.05, 0.1) is 22.0 Å². The van der Waals surface area contributed by atoms with Crippen LogP contribution in [0.1, 0.15) is 80.8 Å². The molecule has 2 aromatic carbocycles. The van der Waals surface area contributed by atoms with Gasteiger partial charge in [0.25, 0.3) is 5.91 Å².